The highest BCUT2D eigenvalue weighted by Gasteiger charge is 2.11. The van der Waals surface area contributed by atoms with E-state index in [0.717, 1.165) is 11.1 Å². The number of amides is 1. The first kappa shape index (κ1) is 14.0. The molecular weight excluding hydrogens is 238 g/mol. The van der Waals surface area contributed by atoms with Gasteiger partial charge in [0.15, 0.2) is 0 Å². The number of methoxy groups -OCH3 is 1. The number of alkyl halides is 1. The SMILES string of the molecule is COCC(CCl)NC(=O)Cc1ccccc1C. The third-order valence-corrected chi connectivity index (χ3v) is 2.90. The third-order valence-electron chi connectivity index (χ3n) is 2.53. The van der Waals surface area contributed by atoms with Crippen LogP contribution in [-0.4, -0.2) is 31.5 Å². The van der Waals surface area contributed by atoms with E-state index >= 15 is 0 Å². The maximum absolute atomic E-state index is 11.8. The van der Waals surface area contributed by atoms with Crippen LogP contribution in [0.3, 0.4) is 0 Å². The minimum absolute atomic E-state index is 0.0259. The maximum Gasteiger partial charge on any atom is 0.224 e. The predicted octanol–water partition coefficient (Wildman–Crippen LogP) is 1.91. The van der Waals surface area contributed by atoms with E-state index in [1.807, 2.05) is 31.2 Å². The quantitative estimate of drug-likeness (QED) is 0.789. The van der Waals surface area contributed by atoms with Gasteiger partial charge in [0.05, 0.1) is 19.1 Å². The van der Waals surface area contributed by atoms with E-state index in [0.29, 0.717) is 18.9 Å². The Morgan fingerprint density at radius 1 is 1.47 bits per heavy atom. The molecular formula is C13H18ClNO2. The van der Waals surface area contributed by atoms with Gasteiger partial charge in [0.25, 0.3) is 0 Å². The molecule has 0 heterocycles. The van der Waals surface area contributed by atoms with Crippen molar-refractivity contribution in [2.24, 2.45) is 0 Å². The first-order valence-electron chi connectivity index (χ1n) is 5.56. The van der Waals surface area contributed by atoms with Crippen LogP contribution in [0.15, 0.2) is 24.3 Å². The van der Waals surface area contributed by atoms with Gasteiger partial charge in [0, 0.05) is 13.0 Å². The van der Waals surface area contributed by atoms with Crippen LogP contribution in [0.25, 0.3) is 0 Å². The van der Waals surface area contributed by atoms with Crippen LogP contribution in [0.4, 0.5) is 0 Å². The van der Waals surface area contributed by atoms with Gasteiger partial charge >= 0.3 is 0 Å². The summed E-state index contributed by atoms with van der Waals surface area (Å²) in [7, 11) is 1.59. The summed E-state index contributed by atoms with van der Waals surface area (Å²) >= 11 is 5.73. The zero-order valence-electron chi connectivity index (χ0n) is 10.2. The smallest absolute Gasteiger partial charge is 0.224 e. The molecule has 1 unspecified atom stereocenters. The fraction of sp³-hybridized carbons (Fsp3) is 0.462. The highest BCUT2D eigenvalue weighted by Crippen LogP contribution is 2.07. The Bertz CT molecular complexity index is 368. The Kier molecular flexibility index (Phi) is 6.01. The zero-order valence-corrected chi connectivity index (χ0v) is 11.0. The Labute approximate surface area is 107 Å². The lowest BCUT2D eigenvalue weighted by atomic mass is 10.1. The molecule has 1 amide bonds. The monoisotopic (exact) mass is 255 g/mol. The molecule has 0 aliphatic rings. The highest BCUT2D eigenvalue weighted by molar-refractivity contribution is 6.18. The molecule has 0 aromatic heterocycles. The molecule has 0 aliphatic heterocycles. The van der Waals surface area contributed by atoms with Gasteiger partial charge in [-0.15, -0.1) is 11.6 Å². The fourth-order valence-electron chi connectivity index (χ4n) is 1.59. The zero-order chi connectivity index (χ0) is 12.7. The van der Waals surface area contributed by atoms with E-state index in [-0.39, 0.29) is 11.9 Å². The molecule has 0 spiro atoms. The summed E-state index contributed by atoms with van der Waals surface area (Å²) in [6.07, 6.45) is 0.379. The van der Waals surface area contributed by atoms with Crippen molar-refractivity contribution in [3.63, 3.8) is 0 Å². The normalized spacial score (nSPS) is 12.2. The van der Waals surface area contributed by atoms with Crippen molar-refractivity contribution in [1.29, 1.82) is 0 Å². The third kappa shape index (κ3) is 4.75. The minimum Gasteiger partial charge on any atom is -0.383 e. The van der Waals surface area contributed by atoms with Gasteiger partial charge < -0.3 is 10.1 Å². The van der Waals surface area contributed by atoms with Crippen molar-refractivity contribution >= 4 is 17.5 Å². The second-order valence-electron chi connectivity index (χ2n) is 3.98. The molecule has 0 radical (unpaired) electrons. The Morgan fingerprint density at radius 2 is 2.18 bits per heavy atom. The molecule has 1 aromatic carbocycles. The van der Waals surface area contributed by atoms with Crippen molar-refractivity contribution in [3.05, 3.63) is 35.4 Å². The summed E-state index contributed by atoms with van der Waals surface area (Å²) in [5, 5.41) is 2.85. The van der Waals surface area contributed by atoms with Crippen LogP contribution in [-0.2, 0) is 16.0 Å². The van der Waals surface area contributed by atoms with Crippen molar-refractivity contribution < 1.29 is 9.53 Å². The first-order chi connectivity index (χ1) is 8.17. The Balaban J connectivity index is 2.52. The van der Waals surface area contributed by atoms with E-state index in [9.17, 15) is 4.79 Å². The second kappa shape index (κ2) is 7.30. The largest absolute Gasteiger partial charge is 0.383 e. The van der Waals surface area contributed by atoms with Crippen molar-refractivity contribution in [3.8, 4) is 0 Å². The van der Waals surface area contributed by atoms with Gasteiger partial charge in [-0.05, 0) is 18.1 Å². The molecule has 0 saturated heterocycles. The average Bonchev–Trinajstić information content (AvgIpc) is 2.31. The van der Waals surface area contributed by atoms with E-state index in [1.165, 1.54) is 0 Å². The molecule has 0 fully saturated rings. The summed E-state index contributed by atoms with van der Waals surface area (Å²) < 4.78 is 4.97. The number of nitrogens with one attached hydrogen (secondary N) is 1. The van der Waals surface area contributed by atoms with Crippen molar-refractivity contribution in [2.45, 2.75) is 19.4 Å². The van der Waals surface area contributed by atoms with Crippen LogP contribution in [0.2, 0.25) is 0 Å². The number of aryl methyl sites for hydroxylation is 1. The van der Waals surface area contributed by atoms with Crippen LogP contribution >= 0.6 is 11.6 Å². The summed E-state index contributed by atoms with van der Waals surface area (Å²) in [5.74, 6) is 0.329. The molecule has 1 atom stereocenters. The number of carbonyl (C=O) groups is 1. The van der Waals surface area contributed by atoms with Crippen molar-refractivity contribution in [1.82, 2.24) is 5.32 Å². The second-order valence-corrected chi connectivity index (χ2v) is 4.29. The Morgan fingerprint density at radius 3 is 2.76 bits per heavy atom. The summed E-state index contributed by atoms with van der Waals surface area (Å²) in [6, 6.07) is 7.73. The highest BCUT2D eigenvalue weighted by atomic mass is 35.5. The molecule has 1 N–H and O–H groups in total. The molecule has 17 heavy (non-hydrogen) atoms. The summed E-state index contributed by atoms with van der Waals surface area (Å²) in [6.45, 7) is 2.43. The standard InChI is InChI=1S/C13H18ClNO2/c1-10-5-3-4-6-11(10)7-13(16)15-12(8-14)9-17-2/h3-6,12H,7-9H2,1-2H3,(H,15,16). The lowest BCUT2D eigenvalue weighted by molar-refractivity contribution is -0.121. The van der Waals surface area contributed by atoms with E-state index in [1.54, 1.807) is 7.11 Å². The lowest BCUT2D eigenvalue weighted by Gasteiger charge is -2.15. The Hall–Kier alpha value is -1.06. The van der Waals surface area contributed by atoms with Crippen LogP contribution < -0.4 is 5.32 Å². The molecule has 1 aromatic rings. The first-order valence-corrected chi connectivity index (χ1v) is 6.09. The van der Waals surface area contributed by atoms with Crippen LogP contribution in [0, 0.1) is 6.92 Å². The van der Waals surface area contributed by atoms with E-state index in [2.05, 4.69) is 5.32 Å². The number of hydrogen-bond donors (Lipinski definition) is 1. The summed E-state index contributed by atoms with van der Waals surface area (Å²) in [4.78, 5) is 11.8. The fourth-order valence-corrected chi connectivity index (χ4v) is 1.75. The van der Waals surface area contributed by atoms with Gasteiger partial charge in [-0.25, -0.2) is 0 Å². The van der Waals surface area contributed by atoms with E-state index in [4.69, 9.17) is 16.3 Å². The molecule has 3 nitrogen and oxygen atoms in total. The number of ether oxygens (including phenoxy) is 1. The van der Waals surface area contributed by atoms with Gasteiger partial charge in [0.1, 0.15) is 0 Å². The molecule has 0 saturated carbocycles. The van der Waals surface area contributed by atoms with Crippen LogP contribution in [0.1, 0.15) is 11.1 Å². The average molecular weight is 256 g/mol. The molecule has 1 rings (SSSR count). The van der Waals surface area contributed by atoms with E-state index < -0.39 is 0 Å². The number of hydrogen-bond acceptors (Lipinski definition) is 2. The maximum atomic E-state index is 11.8. The number of carbonyl (C=O) groups excluding carboxylic acids is 1. The van der Waals surface area contributed by atoms with Gasteiger partial charge in [0.2, 0.25) is 5.91 Å². The predicted molar refractivity (Wildman–Crippen MR) is 69.4 cm³/mol. The number of benzene rings is 1. The molecule has 0 aliphatic carbocycles. The van der Waals surface area contributed by atoms with Crippen LogP contribution in [0.5, 0.6) is 0 Å². The minimum atomic E-state index is -0.127. The summed E-state index contributed by atoms with van der Waals surface area (Å²) in [5.41, 5.74) is 2.16. The number of rotatable bonds is 6. The van der Waals surface area contributed by atoms with Gasteiger partial charge in [-0.1, -0.05) is 24.3 Å². The molecule has 94 valence electrons. The van der Waals surface area contributed by atoms with Gasteiger partial charge in [-0.3, -0.25) is 4.79 Å². The van der Waals surface area contributed by atoms with Crippen molar-refractivity contribution in [2.75, 3.05) is 19.6 Å². The topological polar surface area (TPSA) is 38.3 Å². The van der Waals surface area contributed by atoms with Gasteiger partial charge in [-0.2, -0.15) is 0 Å². The lowest BCUT2D eigenvalue weighted by Crippen LogP contribution is -2.40. The molecule has 0 bridgehead atoms. The molecule has 4 heteroatoms. The number of halogens is 1.